The number of hydrogen-bond acceptors (Lipinski definition) is 3. The Balaban J connectivity index is 2.53. The summed E-state index contributed by atoms with van der Waals surface area (Å²) in [5.74, 6) is -0.415. The highest BCUT2D eigenvalue weighted by molar-refractivity contribution is 7.09. The van der Waals surface area contributed by atoms with Gasteiger partial charge in [0.15, 0.2) is 0 Å². The van der Waals surface area contributed by atoms with Crippen molar-refractivity contribution in [2.24, 2.45) is 0 Å². The van der Waals surface area contributed by atoms with Crippen molar-refractivity contribution >= 4 is 17.1 Å². The van der Waals surface area contributed by atoms with Gasteiger partial charge < -0.3 is 0 Å². The van der Waals surface area contributed by atoms with Gasteiger partial charge in [-0.05, 0) is 0 Å². The zero-order valence-corrected chi connectivity index (χ0v) is 11.4. The minimum Gasteiger partial charge on any atom is -0.299 e. The molecule has 0 unspecified atom stereocenters. The molecule has 1 heterocycles. The molecule has 0 saturated heterocycles. The van der Waals surface area contributed by atoms with Crippen LogP contribution in [0, 0.1) is 0 Å². The van der Waals surface area contributed by atoms with Gasteiger partial charge in [0.1, 0.15) is 10.8 Å². The van der Waals surface area contributed by atoms with Gasteiger partial charge in [-0.3, -0.25) is 4.79 Å². The van der Waals surface area contributed by atoms with Crippen LogP contribution in [0.25, 0.3) is 0 Å². The predicted octanol–water partition coefficient (Wildman–Crippen LogP) is 3.89. The second kappa shape index (κ2) is 5.38. The molecular formula is C12H16F3NOS. The number of carbonyl (C=O) groups is 1. The zero-order chi connectivity index (χ0) is 14.0. The molecule has 102 valence electrons. The van der Waals surface area contributed by atoms with Crippen molar-refractivity contribution in [3.8, 4) is 0 Å². The summed E-state index contributed by atoms with van der Waals surface area (Å²) < 4.78 is 35.8. The van der Waals surface area contributed by atoms with E-state index in [1.54, 1.807) is 0 Å². The minimum absolute atomic E-state index is 0.00315. The van der Waals surface area contributed by atoms with Crippen LogP contribution in [0.4, 0.5) is 13.2 Å². The van der Waals surface area contributed by atoms with Gasteiger partial charge in [-0.1, -0.05) is 20.8 Å². The number of nitrogens with zero attached hydrogens (tertiary/aromatic N) is 1. The Morgan fingerprint density at radius 1 is 1.33 bits per heavy atom. The topological polar surface area (TPSA) is 30.0 Å². The minimum atomic E-state index is -4.27. The van der Waals surface area contributed by atoms with Gasteiger partial charge >= 0.3 is 6.18 Å². The van der Waals surface area contributed by atoms with Crippen LogP contribution >= 0.6 is 11.3 Å². The lowest BCUT2D eigenvalue weighted by atomic mass is 9.93. The molecule has 0 fully saturated rings. The third-order valence-electron chi connectivity index (χ3n) is 2.36. The molecule has 0 bridgehead atoms. The highest BCUT2D eigenvalue weighted by Crippen LogP contribution is 2.25. The van der Waals surface area contributed by atoms with Crippen LogP contribution in [0.2, 0.25) is 0 Å². The molecule has 1 aromatic heterocycles. The van der Waals surface area contributed by atoms with E-state index < -0.39 is 24.8 Å². The van der Waals surface area contributed by atoms with Crippen LogP contribution in [-0.4, -0.2) is 16.9 Å². The van der Waals surface area contributed by atoms with Gasteiger partial charge in [0.05, 0.1) is 18.5 Å². The number of aromatic nitrogens is 1. The van der Waals surface area contributed by atoms with Crippen molar-refractivity contribution in [1.29, 1.82) is 0 Å². The van der Waals surface area contributed by atoms with Gasteiger partial charge in [-0.2, -0.15) is 13.2 Å². The first-order valence-corrected chi connectivity index (χ1v) is 6.49. The SMILES string of the molecule is CC(C)(C)c1csc(CC(=O)CCC(F)(F)F)n1. The van der Waals surface area contributed by atoms with E-state index in [4.69, 9.17) is 0 Å². The third kappa shape index (κ3) is 5.16. The monoisotopic (exact) mass is 279 g/mol. The Morgan fingerprint density at radius 2 is 1.94 bits per heavy atom. The maximum atomic E-state index is 11.9. The molecule has 18 heavy (non-hydrogen) atoms. The van der Waals surface area contributed by atoms with Crippen LogP contribution in [0.5, 0.6) is 0 Å². The number of thiazole rings is 1. The number of Topliss-reactive ketones (excluding diaryl/α,β-unsaturated/α-hetero) is 1. The van der Waals surface area contributed by atoms with E-state index >= 15 is 0 Å². The Labute approximate surface area is 108 Å². The first-order chi connectivity index (χ1) is 8.08. The zero-order valence-electron chi connectivity index (χ0n) is 10.6. The van der Waals surface area contributed by atoms with E-state index in [1.165, 1.54) is 11.3 Å². The number of ketones is 1. The normalized spacial score (nSPS) is 12.8. The van der Waals surface area contributed by atoms with E-state index in [0.717, 1.165) is 5.69 Å². The van der Waals surface area contributed by atoms with Crippen LogP contribution in [0.15, 0.2) is 5.38 Å². The van der Waals surface area contributed by atoms with Gasteiger partial charge in [0, 0.05) is 17.2 Å². The molecule has 0 N–H and O–H groups in total. The predicted molar refractivity (Wildman–Crippen MR) is 64.8 cm³/mol. The lowest BCUT2D eigenvalue weighted by Crippen LogP contribution is -2.13. The van der Waals surface area contributed by atoms with Crippen molar-refractivity contribution in [3.63, 3.8) is 0 Å². The second-order valence-corrected chi connectivity index (χ2v) is 6.15. The lowest BCUT2D eigenvalue weighted by Gasteiger charge is -2.14. The molecule has 0 atom stereocenters. The summed E-state index contributed by atoms with van der Waals surface area (Å²) in [4.78, 5) is 15.7. The molecule has 2 nitrogen and oxygen atoms in total. The molecule has 0 spiro atoms. The molecule has 1 rings (SSSR count). The quantitative estimate of drug-likeness (QED) is 0.836. The summed E-state index contributed by atoms with van der Waals surface area (Å²) in [6.45, 7) is 5.99. The lowest BCUT2D eigenvalue weighted by molar-refractivity contribution is -0.143. The summed E-state index contributed by atoms with van der Waals surface area (Å²) in [5.41, 5.74) is 0.759. The van der Waals surface area contributed by atoms with Crippen LogP contribution < -0.4 is 0 Å². The fourth-order valence-electron chi connectivity index (χ4n) is 1.27. The maximum Gasteiger partial charge on any atom is 0.389 e. The number of halogens is 3. The number of hydrogen-bond donors (Lipinski definition) is 0. The molecule has 0 amide bonds. The first-order valence-electron chi connectivity index (χ1n) is 5.61. The van der Waals surface area contributed by atoms with Crippen LogP contribution in [0.1, 0.15) is 44.3 Å². The number of carbonyl (C=O) groups excluding carboxylic acids is 1. The highest BCUT2D eigenvalue weighted by atomic mass is 32.1. The van der Waals surface area contributed by atoms with Gasteiger partial charge in [-0.15, -0.1) is 11.3 Å². The highest BCUT2D eigenvalue weighted by Gasteiger charge is 2.28. The first kappa shape index (κ1) is 15.1. The molecule has 6 heteroatoms. The summed E-state index contributed by atoms with van der Waals surface area (Å²) in [6, 6.07) is 0. The fourth-order valence-corrected chi connectivity index (χ4v) is 2.32. The Kier molecular flexibility index (Phi) is 4.53. The van der Waals surface area contributed by atoms with Crippen LogP contribution in [0.3, 0.4) is 0 Å². The summed E-state index contributed by atoms with van der Waals surface area (Å²) >= 11 is 1.32. The maximum absolute atomic E-state index is 11.9. The van der Waals surface area contributed by atoms with Crippen molar-refractivity contribution in [1.82, 2.24) is 4.98 Å². The smallest absolute Gasteiger partial charge is 0.299 e. The van der Waals surface area contributed by atoms with Gasteiger partial charge in [0.2, 0.25) is 0 Å². The molecule has 0 aromatic carbocycles. The molecule has 1 aromatic rings. The van der Waals surface area contributed by atoms with Crippen molar-refractivity contribution in [3.05, 3.63) is 16.1 Å². The number of alkyl halides is 3. The standard InChI is InChI=1S/C12H16F3NOS/c1-11(2,3)9-7-18-10(16-9)6-8(17)4-5-12(13,14)15/h7H,4-6H2,1-3H3. The molecule has 0 radical (unpaired) electrons. The van der Waals surface area contributed by atoms with E-state index in [9.17, 15) is 18.0 Å². The van der Waals surface area contributed by atoms with Gasteiger partial charge in [-0.25, -0.2) is 4.98 Å². The third-order valence-corrected chi connectivity index (χ3v) is 3.20. The summed E-state index contributed by atoms with van der Waals surface area (Å²) in [6.07, 6.45) is -5.79. The Morgan fingerprint density at radius 3 is 2.39 bits per heavy atom. The fraction of sp³-hybridized carbons (Fsp3) is 0.667. The molecule has 0 aliphatic heterocycles. The second-order valence-electron chi connectivity index (χ2n) is 5.21. The van der Waals surface area contributed by atoms with Crippen molar-refractivity contribution < 1.29 is 18.0 Å². The molecular weight excluding hydrogens is 263 g/mol. The Bertz CT molecular complexity index is 418. The molecule has 0 saturated carbocycles. The largest absolute Gasteiger partial charge is 0.389 e. The van der Waals surface area contributed by atoms with E-state index in [0.29, 0.717) is 5.01 Å². The average molecular weight is 279 g/mol. The van der Waals surface area contributed by atoms with E-state index in [1.807, 2.05) is 26.2 Å². The molecule has 0 aliphatic carbocycles. The Hall–Kier alpha value is -0.910. The molecule has 0 aliphatic rings. The number of rotatable bonds is 4. The summed E-state index contributed by atoms with van der Waals surface area (Å²) in [7, 11) is 0. The summed E-state index contributed by atoms with van der Waals surface area (Å²) in [5, 5.41) is 2.44. The van der Waals surface area contributed by atoms with E-state index in [-0.39, 0.29) is 11.8 Å². The van der Waals surface area contributed by atoms with Crippen molar-refractivity contribution in [2.45, 2.75) is 51.6 Å². The average Bonchev–Trinajstić information content (AvgIpc) is 2.61. The van der Waals surface area contributed by atoms with Gasteiger partial charge in [0.25, 0.3) is 0 Å². The van der Waals surface area contributed by atoms with E-state index in [2.05, 4.69) is 4.98 Å². The van der Waals surface area contributed by atoms with Crippen LogP contribution in [-0.2, 0) is 16.6 Å². The van der Waals surface area contributed by atoms with Crippen molar-refractivity contribution in [2.75, 3.05) is 0 Å².